The highest BCUT2D eigenvalue weighted by Gasteiger charge is 2.14. The Hall–Kier alpha value is -2.67. The number of nitrogens with zero attached hydrogens (tertiary/aromatic N) is 3. The van der Waals surface area contributed by atoms with Crippen LogP contribution in [0.25, 0.3) is 11.4 Å². The molecule has 3 aromatic rings. The van der Waals surface area contributed by atoms with Crippen LogP contribution in [0.5, 0.6) is 0 Å². The van der Waals surface area contributed by atoms with Crippen LogP contribution in [-0.4, -0.2) is 32.5 Å². The normalized spacial score (nSPS) is 12.0. The Kier molecular flexibility index (Phi) is 6.81. The van der Waals surface area contributed by atoms with Gasteiger partial charge in [0.25, 0.3) is 0 Å². The second-order valence-corrected chi connectivity index (χ2v) is 7.60. The van der Waals surface area contributed by atoms with E-state index in [9.17, 15) is 9.18 Å². The molecule has 0 spiro atoms. The van der Waals surface area contributed by atoms with Crippen molar-refractivity contribution in [2.45, 2.75) is 31.0 Å². The van der Waals surface area contributed by atoms with Gasteiger partial charge in [0.2, 0.25) is 5.91 Å². The summed E-state index contributed by atoms with van der Waals surface area (Å²) in [5, 5.41) is 12.0. The predicted molar refractivity (Wildman–Crippen MR) is 109 cm³/mol. The van der Waals surface area contributed by atoms with Crippen LogP contribution in [0.3, 0.4) is 0 Å². The van der Waals surface area contributed by atoms with Gasteiger partial charge in [-0.1, -0.05) is 42.1 Å². The molecule has 0 aliphatic heterocycles. The van der Waals surface area contributed by atoms with E-state index in [1.807, 2.05) is 36.7 Å². The molecule has 0 aliphatic carbocycles. The molecule has 0 fully saturated rings. The van der Waals surface area contributed by atoms with E-state index < -0.39 is 0 Å². The van der Waals surface area contributed by atoms with E-state index in [0.717, 1.165) is 18.4 Å². The largest absolute Gasteiger partial charge is 0.353 e. The van der Waals surface area contributed by atoms with Crippen molar-refractivity contribution < 1.29 is 9.18 Å². The van der Waals surface area contributed by atoms with Gasteiger partial charge in [-0.05, 0) is 49.6 Å². The Morgan fingerprint density at radius 1 is 1.14 bits per heavy atom. The summed E-state index contributed by atoms with van der Waals surface area (Å²) in [7, 11) is 1.83. The summed E-state index contributed by atoms with van der Waals surface area (Å²) in [6, 6.07) is 16.4. The highest BCUT2D eigenvalue weighted by atomic mass is 32.2. The summed E-state index contributed by atoms with van der Waals surface area (Å²) < 4.78 is 14.9. The summed E-state index contributed by atoms with van der Waals surface area (Å²) in [4.78, 5) is 12.2. The number of aromatic nitrogens is 3. The van der Waals surface area contributed by atoms with Crippen LogP contribution in [0.2, 0.25) is 0 Å². The average Bonchev–Trinajstić information content (AvgIpc) is 3.07. The molecule has 28 heavy (non-hydrogen) atoms. The Morgan fingerprint density at radius 2 is 1.86 bits per heavy atom. The number of aryl methyl sites for hydroxylation is 1. The molecule has 1 atom stereocenters. The van der Waals surface area contributed by atoms with Crippen LogP contribution in [-0.2, 0) is 18.3 Å². The fourth-order valence-electron chi connectivity index (χ4n) is 2.84. The predicted octanol–water partition coefficient (Wildman–Crippen LogP) is 3.85. The number of carbonyl (C=O) groups excluding carboxylic acids is 1. The molecule has 1 N–H and O–H groups in total. The van der Waals surface area contributed by atoms with Crippen molar-refractivity contribution in [3.8, 4) is 11.4 Å². The van der Waals surface area contributed by atoms with Gasteiger partial charge in [0, 0.05) is 18.7 Å². The number of halogens is 1. The zero-order valence-corrected chi connectivity index (χ0v) is 16.7. The number of amides is 1. The van der Waals surface area contributed by atoms with Crippen molar-refractivity contribution in [1.82, 2.24) is 20.1 Å². The van der Waals surface area contributed by atoms with Gasteiger partial charge in [-0.15, -0.1) is 10.2 Å². The molecule has 0 bridgehead atoms. The van der Waals surface area contributed by atoms with Crippen LogP contribution in [0.15, 0.2) is 59.8 Å². The second-order valence-electron chi connectivity index (χ2n) is 6.65. The minimum absolute atomic E-state index is 0.0307. The first kappa shape index (κ1) is 20.1. The van der Waals surface area contributed by atoms with E-state index in [0.29, 0.717) is 11.0 Å². The van der Waals surface area contributed by atoms with Gasteiger partial charge in [-0.3, -0.25) is 4.79 Å². The number of rotatable bonds is 8. The molecule has 146 valence electrons. The molecule has 0 radical (unpaired) electrons. The molecule has 0 saturated carbocycles. The third kappa shape index (κ3) is 5.42. The summed E-state index contributed by atoms with van der Waals surface area (Å²) >= 11 is 1.33. The maximum atomic E-state index is 13.1. The van der Waals surface area contributed by atoms with Gasteiger partial charge >= 0.3 is 0 Å². The molecule has 3 rings (SSSR count). The van der Waals surface area contributed by atoms with Gasteiger partial charge in [0.05, 0.1) is 5.75 Å². The van der Waals surface area contributed by atoms with E-state index in [-0.39, 0.29) is 23.5 Å². The first-order valence-electron chi connectivity index (χ1n) is 9.14. The molecule has 0 aliphatic rings. The maximum absolute atomic E-state index is 13.1. The molecule has 7 heteroatoms. The lowest BCUT2D eigenvalue weighted by atomic mass is 10.1. The standard InChI is InChI=1S/C21H23FN4OS/c1-15(8-9-16-6-4-3-5-7-16)23-19(27)14-28-21-25-24-20(26(21)2)17-10-12-18(22)13-11-17/h3-7,10-13,15H,8-9,14H2,1-2H3,(H,23,27)/t15-/m1/s1. The highest BCUT2D eigenvalue weighted by molar-refractivity contribution is 7.99. The first-order chi connectivity index (χ1) is 13.5. The van der Waals surface area contributed by atoms with Crippen molar-refractivity contribution in [3.63, 3.8) is 0 Å². The van der Waals surface area contributed by atoms with E-state index >= 15 is 0 Å². The van der Waals surface area contributed by atoms with Crippen LogP contribution in [0.1, 0.15) is 18.9 Å². The Bertz CT molecular complexity index is 912. The van der Waals surface area contributed by atoms with E-state index in [4.69, 9.17) is 0 Å². The molecular weight excluding hydrogens is 375 g/mol. The number of thioether (sulfide) groups is 1. The minimum atomic E-state index is -0.293. The summed E-state index contributed by atoms with van der Waals surface area (Å²) in [5.41, 5.74) is 2.05. The van der Waals surface area contributed by atoms with Crippen molar-refractivity contribution in [3.05, 3.63) is 66.0 Å². The van der Waals surface area contributed by atoms with Crippen molar-refractivity contribution in [2.75, 3.05) is 5.75 Å². The first-order valence-corrected chi connectivity index (χ1v) is 10.1. The van der Waals surface area contributed by atoms with Crippen LogP contribution < -0.4 is 5.32 Å². The Labute approximate surface area is 168 Å². The van der Waals surface area contributed by atoms with Crippen LogP contribution in [0.4, 0.5) is 4.39 Å². The van der Waals surface area contributed by atoms with E-state index in [1.165, 1.54) is 29.5 Å². The third-order valence-electron chi connectivity index (χ3n) is 4.39. The molecule has 1 aromatic heterocycles. The Balaban J connectivity index is 1.48. The number of nitrogens with one attached hydrogen (secondary N) is 1. The zero-order chi connectivity index (χ0) is 19.9. The van der Waals surface area contributed by atoms with Gasteiger partial charge in [0.1, 0.15) is 5.82 Å². The van der Waals surface area contributed by atoms with Gasteiger partial charge in [0.15, 0.2) is 11.0 Å². The van der Waals surface area contributed by atoms with Crippen molar-refractivity contribution in [1.29, 1.82) is 0 Å². The zero-order valence-electron chi connectivity index (χ0n) is 15.9. The second kappa shape index (κ2) is 9.50. The molecule has 1 heterocycles. The van der Waals surface area contributed by atoms with Gasteiger partial charge < -0.3 is 9.88 Å². The Morgan fingerprint density at radius 3 is 2.57 bits per heavy atom. The molecule has 0 saturated heterocycles. The maximum Gasteiger partial charge on any atom is 0.230 e. The fraction of sp³-hybridized carbons (Fsp3) is 0.286. The topological polar surface area (TPSA) is 59.8 Å². The molecular formula is C21H23FN4OS. The lowest BCUT2D eigenvalue weighted by Crippen LogP contribution is -2.34. The summed E-state index contributed by atoms with van der Waals surface area (Å²) in [6.07, 6.45) is 1.82. The van der Waals surface area contributed by atoms with Crippen molar-refractivity contribution in [2.24, 2.45) is 7.05 Å². The monoisotopic (exact) mass is 398 g/mol. The fourth-order valence-corrected chi connectivity index (χ4v) is 3.56. The average molecular weight is 399 g/mol. The smallest absolute Gasteiger partial charge is 0.230 e. The summed E-state index contributed by atoms with van der Waals surface area (Å²) in [6.45, 7) is 2.01. The van der Waals surface area contributed by atoms with Crippen molar-refractivity contribution >= 4 is 17.7 Å². The quantitative estimate of drug-likeness (QED) is 0.586. The van der Waals surface area contributed by atoms with Crippen LogP contribution >= 0.6 is 11.8 Å². The number of hydrogen-bond donors (Lipinski definition) is 1. The number of benzene rings is 2. The number of hydrogen-bond acceptors (Lipinski definition) is 4. The highest BCUT2D eigenvalue weighted by Crippen LogP contribution is 2.22. The molecule has 0 unspecified atom stereocenters. The van der Waals surface area contributed by atoms with E-state index in [2.05, 4.69) is 27.6 Å². The third-order valence-corrected chi connectivity index (χ3v) is 5.41. The molecule has 1 amide bonds. The van der Waals surface area contributed by atoms with Gasteiger partial charge in [-0.2, -0.15) is 0 Å². The lowest BCUT2D eigenvalue weighted by molar-refractivity contribution is -0.119. The van der Waals surface area contributed by atoms with Gasteiger partial charge in [-0.25, -0.2) is 4.39 Å². The number of carbonyl (C=O) groups is 1. The molecule has 5 nitrogen and oxygen atoms in total. The van der Waals surface area contributed by atoms with E-state index in [1.54, 1.807) is 12.1 Å². The minimum Gasteiger partial charge on any atom is -0.353 e. The SMILES string of the molecule is C[C@H](CCc1ccccc1)NC(=O)CSc1nnc(-c2ccc(F)cc2)n1C. The molecule has 2 aromatic carbocycles. The lowest BCUT2D eigenvalue weighted by Gasteiger charge is -2.13. The summed E-state index contributed by atoms with van der Waals surface area (Å²) in [5.74, 6) is 0.583. The van der Waals surface area contributed by atoms with Crippen LogP contribution in [0, 0.1) is 5.82 Å².